The Morgan fingerprint density at radius 3 is 2.70 bits per heavy atom. The summed E-state index contributed by atoms with van der Waals surface area (Å²) in [7, 11) is 0. The van der Waals surface area contributed by atoms with E-state index >= 15 is 0 Å². The number of aromatic nitrogens is 1. The zero-order valence-electron chi connectivity index (χ0n) is 18.6. The molecule has 1 aromatic heterocycles. The van der Waals surface area contributed by atoms with Gasteiger partial charge in [-0.05, 0) is 55.2 Å². The fourth-order valence-electron chi connectivity index (χ4n) is 4.24. The third kappa shape index (κ3) is 4.67. The van der Waals surface area contributed by atoms with Gasteiger partial charge in [-0.15, -0.1) is 0 Å². The van der Waals surface area contributed by atoms with Gasteiger partial charge in [-0.25, -0.2) is 4.79 Å². The number of carboxylic acid groups (broad SMARTS) is 1. The predicted octanol–water partition coefficient (Wildman–Crippen LogP) is 2.09. The lowest BCUT2D eigenvalue weighted by atomic mass is 9.86. The first-order chi connectivity index (χ1) is 15.6. The number of H-pyrrole nitrogens is 1. The maximum absolute atomic E-state index is 13.8. The van der Waals surface area contributed by atoms with E-state index < -0.39 is 29.5 Å². The van der Waals surface area contributed by atoms with E-state index in [2.05, 4.69) is 15.6 Å². The highest BCUT2D eigenvalue weighted by Crippen LogP contribution is 2.27. The zero-order chi connectivity index (χ0) is 23.8. The molecule has 0 saturated carbocycles. The Hall–Kier alpha value is -3.49. The molecule has 0 aliphatic carbocycles. The number of amides is 1. The van der Waals surface area contributed by atoms with Crippen molar-refractivity contribution in [2.24, 2.45) is 5.73 Å². The van der Waals surface area contributed by atoms with Crippen LogP contribution in [0.1, 0.15) is 46.9 Å². The zero-order valence-corrected chi connectivity index (χ0v) is 18.6. The van der Waals surface area contributed by atoms with Crippen LogP contribution in [0.25, 0.3) is 10.9 Å². The van der Waals surface area contributed by atoms with Crippen molar-refractivity contribution in [2.45, 2.75) is 44.3 Å². The summed E-state index contributed by atoms with van der Waals surface area (Å²) in [6.07, 6.45) is 2.77. The van der Waals surface area contributed by atoms with E-state index in [9.17, 15) is 19.5 Å². The maximum Gasteiger partial charge on any atom is 0.335 e. The van der Waals surface area contributed by atoms with E-state index in [1.807, 2.05) is 30.5 Å². The summed E-state index contributed by atoms with van der Waals surface area (Å²) >= 11 is 0. The number of nitrogens with two attached hydrogens (primary N) is 1. The van der Waals surface area contributed by atoms with Gasteiger partial charge in [0.25, 0.3) is 0 Å². The van der Waals surface area contributed by atoms with Crippen molar-refractivity contribution in [1.29, 1.82) is 0 Å². The number of fused-ring (bicyclic) bond motifs is 2. The Balaban J connectivity index is 1.68. The van der Waals surface area contributed by atoms with Crippen molar-refractivity contribution >= 4 is 28.6 Å². The third-order valence-corrected chi connectivity index (χ3v) is 6.06. The van der Waals surface area contributed by atoms with E-state index in [-0.39, 0.29) is 11.3 Å². The fourth-order valence-corrected chi connectivity index (χ4v) is 4.24. The van der Waals surface area contributed by atoms with Gasteiger partial charge in [0.1, 0.15) is 0 Å². The van der Waals surface area contributed by atoms with Crippen LogP contribution >= 0.6 is 0 Å². The smallest absolute Gasteiger partial charge is 0.335 e. The summed E-state index contributed by atoms with van der Waals surface area (Å²) in [5, 5.41) is 16.4. The van der Waals surface area contributed by atoms with Crippen LogP contribution in [-0.2, 0) is 22.4 Å². The van der Waals surface area contributed by atoms with Gasteiger partial charge in [-0.2, -0.15) is 0 Å². The van der Waals surface area contributed by atoms with Gasteiger partial charge in [0, 0.05) is 30.1 Å². The summed E-state index contributed by atoms with van der Waals surface area (Å²) in [4.78, 5) is 41.1. The van der Waals surface area contributed by atoms with E-state index in [1.54, 1.807) is 26.0 Å². The summed E-state index contributed by atoms with van der Waals surface area (Å²) < 4.78 is 0. The van der Waals surface area contributed by atoms with Crippen LogP contribution in [0.4, 0.5) is 0 Å². The first-order valence-corrected chi connectivity index (χ1v) is 10.9. The molecule has 1 aliphatic rings. The molecule has 2 aromatic carbocycles. The highest BCUT2D eigenvalue weighted by molar-refractivity contribution is 5.97. The minimum absolute atomic E-state index is 0.190. The molecular formula is C25H28N4O4. The number of aromatic amines is 1. The molecule has 6 N–H and O–H groups in total. The number of carbonyl (C=O) groups is 3. The number of rotatable bonds is 7. The Kier molecular flexibility index (Phi) is 6.05. The normalized spacial score (nSPS) is 16.8. The van der Waals surface area contributed by atoms with Crippen LogP contribution in [0.3, 0.4) is 0 Å². The van der Waals surface area contributed by atoms with Gasteiger partial charge in [-0.3, -0.25) is 9.59 Å². The maximum atomic E-state index is 13.8. The van der Waals surface area contributed by atoms with Gasteiger partial charge in [-0.1, -0.05) is 24.3 Å². The highest BCUT2D eigenvalue weighted by atomic mass is 16.4. The molecule has 3 aromatic rings. The molecule has 0 bridgehead atoms. The Labute approximate surface area is 191 Å². The molecule has 1 aliphatic heterocycles. The number of aromatic carboxylic acids is 1. The molecule has 172 valence electrons. The Morgan fingerprint density at radius 1 is 1.21 bits per heavy atom. The van der Waals surface area contributed by atoms with E-state index in [1.165, 1.54) is 6.07 Å². The molecule has 2 atom stereocenters. The first-order valence-electron chi connectivity index (χ1n) is 10.9. The van der Waals surface area contributed by atoms with E-state index in [0.29, 0.717) is 19.4 Å². The molecule has 2 unspecified atom stereocenters. The second kappa shape index (κ2) is 8.80. The molecule has 1 amide bonds. The number of ketones is 1. The number of carbonyl (C=O) groups excluding carboxylic acids is 2. The standard InChI is InChI=1S/C25H28N4O4/c1-25(2,26)24(33)29-20(12-16-13-28-19-6-4-3-5-17(16)19)22(30)21-18-8-7-15(23(31)32)11-14(18)9-10-27-21/h3-8,11,13,20-21,27-28H,9-10,12,26H2,1-2H3,(H,29,33)(H,31,32). The van der Waals surface area contributed by atoms with Crippen LogP contribution in [0.5, 0.6) is 0 Å². The summed E-state index contributed by atoms with van der Waals surface area (Å²) in [5.41, 5.74) is 8.46. The topological polar surface area (TPSA) is 137 Å². The van der Waals surface area contributed by atoms with Crippen molar-refractivity contribution in [3.63, 3.8) is 0 Å². The average Bonchev–Trinajstić information content (AvgIpc) is 3.19. The average molecular weight is 449 g/mol. The molecular weight excluding hydrogens is 420 g/mol. The van der Waals surface area contributed by atoms with Crippen molar-refractivity contribution in [1.82, 2.24) is 15.6 Å². The quantitative estimate of drug-likeness (QED) is 0.375. The number of Topliss-reactive ketones (excluding diaryl/α,β-unsaturated/α-hetero) is 1. The molecule has 4 rings (SSSR count). The molecule has 0 saturated heterocycles. The minimum Gasteiger partial charge on any atom is -0.478 e. The number of nitrogens with one attached hydrogen (secondary N) is 3. The number of hydrogen-bond donors (Lipinski definition) is 5. The second-order valence-electron chi connectivity index (χ2n) is 9.07. The van der Waals surface area contributed by atoms with Crippen LogP contribution < -0.4 is 16.4 Å². The molecule has 2 heterocycles. The lowest BCUT2D eigenvalue weighted by molar-refractivity contribution is -0.131. The third-order valence-electron chi connectivity index (χ3n) is 6.06. The first kappa shape index (κ1) is 22.7. The second-order valence-corrected chi connectivity index (χ2v) is 9.07. The Bertz CT molecular complexity index is 1220. The van der Waals surface area contributed by atoms with Gasteiger partial charge < -0.3 is 26.5 Å². The van der Waals surface area contributed by atoms with Crippen LogP contribution in [-0.4, -0.2) is 45.9 Å². The van der Waals surface area contributed by atoms with Gasteiger partial charge in [0.15, 0.2) is 5.78 Å². The lowest BCUT2D eigenvalue weighted by Crippen LogP contribution is -2.56. The predicted molar refractivity (Wildman–Crippen MR) is 125 cm³/mol. The van der Waals surface area contributed by atoms with Crippen molar-refractivity contribution in [3.8, 4) is 0 Å². The van der Waals surface area contributed by atoms with E-state index in [4.69, 9.17) is 5.73 Å². The SMILES string of the molecule is CC(C)(N)C(=O)NC(Cc1c[nH]c2ccccc12)C(=O)C1NCCc2cc(C(=O)O)ccc21. The molecule has 0 spiro atoms. The van der Waals surface area contributed by atoms with Crippen molar-refractivity contribution in [3.05, 3.63) is 70.9 Å². The molecule has 0 fully saturated rings. The van der Waals surface area contributed by atoms with Gasteiger partial charge >= 0.3 is 5.97 Å². The highest BCUT2D eigenvalue weighted by Gasteiger charge is 2.35. The van der Waals surface area contributed by atoms with Gasteiger partial charge in [0.05, 0.1) is 23.2 Å². The van der Waals surface area contributed by atoms with Gasteiger partial charge in [0.2, 0.25) is 5.91 Å². The molecule has 8 heteroatoms. The van der Waals surface area contributed by atoms with Crippen LogP contribution in [0.15, 0.2) is 48.7 Å². The lowest BCUT2D eigenvalue weighted by Gasteiger charge is -2.31. The summed E-state index contributed by atoms with van der Waals surface area (Å²) in [6.45, 7) is 3.72. The van der Waals surface area contributed by atoms with Crippen LogP contribution in [0.2, 0.25) is 0 Å². The monoisotopic (exact) mass is 448 g/mol. The minimum atomic E-state index is -1.15. The molecule has 0 radical (unpaired) electrons. The number of para-hydroxylation sites is 1. The van der Waals surface area contributed by atoms with Crippen LogP contribution in [0, 0.1) is 0 Å². The van der Waals surface area contributed by atoms with Crippen molar-refractivity contribution in [2.75, 3.05) is 6.54 Å². The Morgan fingerprint density at radius 2 is 1.97 bits per heavy atom. The van der Waals surface area contributed by atoms with Crippen molar-refractivity contribution < 1.29 is 19.5 Å². The number of carboxylic acids is 1. The largest absolute Gasteiger partial charge is 0.478 e. The number of hydrogen-bond acceptors (Lipinski definition) is 5. The molecule has 33 heavy (non-hydrogen) atoms. The summed E-state index contributed by atoms with van der Waals surface area (Å²) in [5.74, 6) is -1.62. The fraction of sp³-hybridized carbons (Fsp3) is 0.320. The molecule has 8 nitrogen and oxygen atoms in total. The van der Waals surface area contributed by atoms with E-state index in [0.717, 1.165) is 27.6 Å². The summed E-state index contributed by atoms with van der Waals surface area (Å²) in [6, 6.07) is 11.1. The number of benzene rings is 2.